The van der Waals surface area contributed by atoms with E-state index in [1.807, 2.05) is 55.5 Å². The van der Waals surface area contributed by atoms with Gasteiger partial charge in [0, 0.05) is 16.7 Å². The van der Waals surface area contributed by atoms with Gasteiger partial charge in [0.2, 0.25) is 0 Å². The quantitative estimate of drug-likeness (QED) is 0.447. The average Bonchev–Trinajstić information content (AvgIpc) is 3.10. The van der Waals surface area contributed by atoms with E-state index >= 15 is 0 Å². The Bertz CT molecular complexity index is 945. The van der Waals surface area contributed by atoms with Gasteiger partial charge in [0.05, 0.1) is 7.11 Å². The number of carbonyl (C=O) groups is 1. The first-order valence-corrected chi connectivity index (χ1v) is 8.41. The van der Waals surface area contributed by atoms with Gasteiger partial charge in [0.25, 0.3) is 0 Å². The second-order valence-electron chi connectivity index (χ2n) is 5.89. The van der Waals surface area contributed by atoms with Crippen LogP contribution in [0.15, 0.2) is 58.9 Å². The molecule has 0 aliphatic heterocycles. The van der Waals surface area contributed by atoms with E-state index in [0.29, 0.717) is 5.56 Å². The summed E-state index contributed by atoms with van der Waals surface area (Å²) >= 11 is 0. The number of rotatable bonds is 6. The Labute approximate surface area is 157 Å². The molecule has 27 heavy (non-hydrogen) atoms. The molecule has 1 aliphatic carbocycles. The second kappa shape index (κ2) is 8.31. The molecule has 0 amide bonds. The molecule has 0 atom stereocenters. The standard InChI is InChI=1S/C21H20N2O4/c1-14-7-6-10-17(20(23-26-3)21(24)25-2)18(14)13-27-22-19-12-11-15-8-4-5-9-16(15)19/h4-12H,13H2,1-3H3/b22-19+,23-20+. The molecule has 6 heteroatoms. The summed E-state index contributed by atoms with van der Waals surface area (Å²) in [6, 6.07) is 13.5. The van der Waals surface area contributed by atoms with E-state index in [1.165, 1.54) is 14.2 Å². The van der Waals surface area contributed by atoms with Gasteiger partial charge in [-0.25, -0.2) is 4.79 Å². The number of oxime groups is 2. The average molecular weight is 364 g/mol. The highest BCUT2D eigenvalue weighted by Crippen LogP contribution is 2.21. The van der Waals surface area contributed by atoms with Crippen molar-refractivity contribution in [2.45, 2.75) is 13.5 Å². The van der Waals surface area contributed by atoms with E-state index in [0.717, 1.165) is 28.0 Å². The number of fused-ring (bicyclic) bond motifs is 1. The van der Waals surface area contributed by atoms with Crippen LogP contribution in [0.5, 0.6) is 0 Å². The molecule has 0 saturated heterocycles. The van der Waals surface area contributed by atoms with Gasteiger partial charge in [-0.1, -0.05) is 58.9 Å². The van der Waals surface area contributed by atoms with Gasteiger partial charge in [-0.2, -0.15) is 0 Å². The molecule has 0 fully saturated rings. The number of allylic oxidation sites excluding steroid dienone is 1. The number of esters is 1. The third-order valence-electron chi connectivity index (χ3n) is 4.26. The van der Waals surface area contributed by atoms with Crippen LogP contribution in [0.1, 0.15) is 27.8 Å². The molecule has 2 aromatic carbocycles. The van der Waals surface area contributed by atoms with Gasteiger partial charge in [-0.15, -0.1) is 0 Å². The van der Waals surface area contributed by atoms with Gasteiger partial charge in [0.15, 0.2) is 5.71 Å². The number of ether oxygens (including phenoxy) is 1. The Morgan fingerprint density at radius 1 is 1.04 bits per heavy atom. The predicted octanol–water partition coefficient (Wildman–Crippen LogP) is 3.47. The maximum Gasteiger partial charge on any atom is 0.360 e. The minimum absolute atomic E-state index is 0.0843. The number of aryl methyl sites for hydroxylation is 1. The molecular formula is C21H20N2O4. The van der Waals surface area contributed by atoms with Crippen molar-refractivity contribution >= 4 is 23.5 Å². The molecule has 0 bridgehead atoms. The van der Waals surface area contributed by atoms with Gasteiger partial charge in [-0.3, -0.25) is 0 Å². The van der Waals surface area contributed by atoms with Gasteiger partial charge >= 0.3 is 5.97 Å². The zero-order valence-corrected chi connectivity index (χ0v) is 15.4. The molecule has 0 saturated carbocycles. The predicted molar refractivity (Wildman–Crippen MR) is 104 cm³/mol. The zero-order valence-electron chi connectivity index (χ0n) is 15.4. The number of benzene rings is 2. The first-order chi connectivity index (χ1) is 13.2. The van der Waals surface area contributed by atoms with Gasteiger partial charge < -0.3 is 14.4 Å². The third-order valence-corrected chi connectivity index (χ3v) is 4.26. The Balaban J connectivity index is 1.86. The van der Waals surface area contributed by atoms with Crippen LogP contribution >= 0.6 is 0 Å². The van der Waals surface area contributed by atoms with Crippen molar-refractivity contribution in [2.24, 2.45) is 10.3 Å². The van der Waals surface area contributed by atoms with Crippen LogP contribution < -0.4 is 0 Å². The number of carbonyl (C=O) groups excluding carboxylic acids is 1. The molecule has 138 valence electrons. The van der Waals surface area contributed by atoms with Crippen molar-refractivity contribution in [3.05, 3.63) is 76.4 Å². The molecule has 6 nitrogen and oxygen atoms in total. The summed E-state index contributed by atoms with van der Waals surface area (Å²) in [5.74, 6) is -0.581. The molecule has 0 aromatic heterocycles. The number of hydrogen-bond donors (Lipinski definition) is 0. The van der Waals surface area contributed by atoms with E-state index in [4.69, 9.17) is 14.4 Å². The molecular weight excluding hydrogens is 344 g/mol. The van der Waals surface area contributed by atoms with E-state index in [-0.39, 0.29) is 12.3 Å². The highest BCUT2D eigenvalue weighted by Gasteiger charge is 2.21. The van der Waals surface area contributed by atoms with Crippen molar-refractivity contribution in [1.29, 1.82) is 0 Å². The lowest BCUT2D eigenvalue weighted by Gasteiger charge is -2.12. The smallest absolute Gasteiger partial charge is 0.360 e. The molecule has 3 rings (SSSR count). The van der Waals surface area contributed by atoms with Crippen molar-refractivity contribution < 1.29 is 19.2 Å². The maximum atomic E-state index is 12.1. The van der Waals surface area contributed by atoms with Gasteiger partial charge in [-0.05, 0) is 24.1 Å². The van der Waals surface area contributed by atoms with Crippen molar-refractivity contribution in [3.8, 4) is 0 Å². The summed E-state index contributed by atoms with van der Waals surface area (Å²) < 4.78 is 4.81. The lowest BCUT2D eigenvalue weighted by molar-refractivity contribution is -0.132. The van der Waals surface area contributed by atoms with Crippen molar-refractivity contribution in [3.63, 3.8) is 0 Å². The largest absolute Gasteiger partial charge is 0.464 e. The Kier molecular flexibility index (Phi) is 5.66. The van der Waals surface area contributed by atoms with E-state index in [2.05, 4.69) is 10.3 Å². The summed E-state index contributed by atoms with van der Waals surface area (Å²) in [5.41, 5.74) is 5.31. The van der Waals surface area contributed by atoms with Crippen LogP contribution in [0.2, 0.25) is 0 Å². The van der Waals surface area contributed by atoms with Crippen molar-refractivity contribution in [1.82, 2.24) is 0 Å². The van der Waals surface area contributed by atoms with Crippen LogP contribution in [0.4, 0.5) is 0 Å². The summed E-state index contributed by atoms with van der Waals surface area (Å²) in [5, 5.41) is 8.08. The summed E-state index contributed by atoms with van der Waals surface area (Å²) in [6.07, 6.45) is 3.91. The lowest BCUT2D eigenvalue weighted by Crippen LogP contribution is -2.20. The third kappa shape index (κ3) is 3.89. The van der Waals surface area contributed by atoms with Crippen molar-refractivity contribution in [2.75, 3.05) is 14.2 Å². The summed E-state index contributed by atoms with van der Waals surface area (Å²) in [6.45, 7) is 2.11. The fourth-order valence-electron chi connectivity index (χ4n) is 2.88. The molecule has 1 aliphatic rings. The number of nitrogens with zero attached hydrogens (tertiary/aromatic N) is 2. The molecule has 0 radical (unpaired) electrons. The first kappa shape index (κ1) is 18.4. The molecule has 0 spiro atoms. The lowest BCUT2D eigenvalue weighted by atomic mass is 9.99. The van der Waals surface area contributed by atoms with Crippen LogP contribution in [-0.2, 0) is 25.8 Å². The van der Waals surface area contributed by atoms with Crippen LogP contribution in [0.3, 0.4) is 0 Å². The van der Waals surface area contributed by atoms with Crippen LogP contribution in [0.25, 0.3) is 6.08 Å². The van der Waals surface area contributed by atoms with E-state index in [9.17, 15) is 4.79 Å². The summed E-state index contributed by atoms with van der Waals surface area (Å²) in [4.78, 5) is 22.5. The molecule has 0 unspecified atom stereocenters. The summed E-state index contributed by atoms with van der Waals surface area (Å²) in [7, 11) is 2.68. The minimum atomic E-state index is -0.581. The maximum absolute atomic E-state index is 12.1. The number of methoxy groups -OCH3 is 1. The normalized spacial score (nSPS) is 14.2. The first-order valence-electron chi connectivity index (χ1n) is 8.41. The minimum Gasteiger partial charge on any atom is -0.464 e. The highest BCUT2D eigenvalue weighted by molar-refractivity contribution is 6.43. The zero-order chi connectivity index (χ0) is 19.2. The topological polar surface area (TPSA) is 69.5 Å². The highest BCUT2D eigenvalue weighted by atomic mass is 16.6. The van der Waals surface area contributed by atoms with Crippen LogP contribution in [0, 0.1) is 6.92 Å². The molecule has 2 aromatic rings. The fourth-order valence-corrected chi connectivity index (χ4v) is 2.88. The van der Waals surface area contributed by atoms with Gasteiger partial charge in [0.1, 0.15) is 19.4 Å². The number of hydrogen-bond acceptors (Lipinski definition) is 6. The SMILES string of the molecule is CO/N=C(/C(=O)OC)c1cccc(C)c1CO/N=C1\C=Cc2ccccc21. The van der Waals surface area contributed by atoms with E-state index in [1.54, 1.807) is 6.07 Å². The molecule has 0 N–H and O–H groups in total. The molecule has 0 heterocycles. The Hall–Kier alpha value is -3.41. The monoisotopic (exact) mass is 364 g/mol. The second-order valence-corrected chi connectivity index (χ2v) is 5.89. The Morgan fingerprint density at radius 3 is 2.63 bits per heavy atom. The fraction of sp³-hybridized carbons (Fsp3) is 0.190. The van der Waals surface area contributed by atoms with E-state index < -0.39 is 5.97 Å². The Morgan fingerprint density at radius 2 is 1.85 bits per heavy atom. The van der Waals surface area contributed by atoms with Crippen LogP contribution in [-0.4, -0.2) is 31.6 Å².